The number of pyridine rings is 1. The molecular weight excluding hydrogens is 608 g/mol. The molecular formula is C25H22N6O10S2. The first-order chi connectivity index (χ1) is 20.2. The molecule has 2 aromatic rings. The Labute approximate surface area is 249 Å². The fourth-order valence-corrected chi connectivity index (χ4v) is 5.69. The number of nitrogens with one attached hydrogen (secondary N) is 1. The predicted octanol–water partition coefficient (Wildman–Crippen LogP) is -0.0692. The van der Waals surface area contributed by atoms with Gasteiger partial charge in [0.25, 0.3) is 11.8 Å². The number of carboxylic acid groups (broad SMARTS) is 2. The van der Waals surface area contributed by atoms with Gasteiger partial charge in [-0.05, 0) is 25.5 Å². The molecule has 4 heterocycles. The summed E-state index contributed by atoms with van der Waals surface area (Å²) >= 11 is 2.12. The lowest BCUT2D eigenvalue weighted by Crippen LogP contribution is -2.71. The Kier molecular flexibility index (Phi) is 8.56. The maximum absolute atomic E-state index is 13.2. The summed E-state index contributed by atoms with van der Waals surface area (Å²) in [6, 6.07) is -0.151. The molecule has 2 amide bonds. The normalized spacial score (nSPS) is 18.5. The van der Waals surface area contributed by atoms with Gasteiger partial charge in [-0.3, -0.25) is 19.3 Å². The van der Waals surface area contributed by atoms with E-state index in [2.05, 4.69) is 15.5 Å². The van der Waals surface area contributed by atoms with E-state index in [1.54, 1.807) is 0 Å². The first-order valence-corrected chi connectivity index (χ1v) is 13.9. The van der Waals surface area contributed by atoms with E-state index in [-0.39, 0.29) is 33.5 Å². The number of fused-ring (bicyclic) bond motifs is 1. The number of amides is 2. The molecule has 0 saturated carbocycles. The molecule has 4 rings (SSSR count). The van der Waals surface area contributed by atoms with Gasteiger partial charge in [0.15, 0.2) is 16.6 Å². The first kappa shape index (κ1) is 30.8. The maximum atomic E-state index is 13.2. The van der Waals surface area contributed by atoms with Gasteiger partial charge in [-0.1, -0.05) is 11.2 Å². The standard InChI is InChI=1S/C25H22N6O10S2/c1-25(2,23(39)40)41-29-16(13-10-43-24(26)27-13)19(35)28-17-20(36)31-18(22(37)38)11(9-42-21(17)31)3-4-12-7-14(33)15(34)8-30(12)5-6-32/h3-5,7-8,10,17,21,34H,9H2,1-2H3,(H2,26,27)(H,28,35)(H,37,38)(H,39,40)/b4-3?,29-16-/t17-,21-/m1/s1. The third-order valence-electron chi connectivity index (χ3n) is 6.08. The molecule has 2 aliphatic heterocycles. The second-order valence-electron chi connectivity index (χ2n) is 9.39. The molecule has 1 saturated heterocycles. The number of nitrogens with two attached hydrogens (primary N) is 1. The van der Waals surface area contributed by atoms with Gasteiger partial charge in [-0.2, -0.15) is 0 Å². The zero-order valence-electron chi connectivity index (χ0n) is 22.2. The number of allylic oxidation sites excluding steroid dienone is 1. The van der Waals surface area contributed by atoms with Crippen LogP contribution in [0.15, 0.2) is 44.9 Å². The Hall–Kier alpha value is -5.19. The van der Waals surface area contributed by atoms with E-state index in [1.165, 1.54) is 37.3 Å². The fourth-order valence-electron chi connectivity index (χ4n) is 3.82. The summed E-state index contributed by atoms with van der Waals surface area (Å²) in [7, 11) is 0. The number of hydrogen-bond acceptors (Lipinski definition) is 13. The van der Waals surface area contributed by atoms with Gasteiger partial charge in [0, 0.05) is 22.9 Å². The van der Waals surface area contributed by atoms with Crippen LogP contribution in [-0.4, -0.2) is 87.9 Å². The lowest BCUT2D eigenvalue weighted by Gasteiger charge is -2.49. The van der Waals surface area contributed by atoms with Crippen molar-refractivity contribution in [1.82, 2.24) is 19.8 Å². The van der Waals surface area contributed by atoms with Crippen LogP contribution in [0, 0.1) is 0 Å². The van der Waals surface area contributed by atoms with Crippen molar-refractivity contribution in [1.29, 1.82) is 0 Å². The molecule has 0 unspecified atom stereocenters. The van der Waals surface area contributed by atoms with Gasteiger partial charge in [0.2, 0.25) is 11.0 Å². The van der Waals surface area contributed by atoms with Crippen LogP contribution in [-0.2, 0) is 28.8 Å². The Morgan fingerprint density at radius 3 is 2.60 bits per heavy atom. The minimum absolute atomic E-state index is 0.0308. The minimum Gasteiger partial charge on any atom is -0.503 e. The molecule has 18 heteroatoms. The lowest BCUT2D eigenvalue weighted by atomic mass is 10.0. The third-order valence-corrected chi connectivity index (χ3v) is 8.06. The lowest BCUT2D eigenvalue weighted by molar-refractivity contribution is -0.161. The van der Waals surface area contributed by atoms with Crippen molar-refractivity contribution in [3.63, 3.8) is 0 Å². The van der Waals surface area contributed by atoms with E-state index in [4.69, 9.17) is 10.6 Å². The highest BCUT2D eigenvalue weighted by atomic mass is 32.2. The van der Waals surface area contributed by atoms with Crippen molar-refractivity contribution in [3.8, 4) is 5.75 Å². The molecule has 0 radical (unpaired) electrons. The Morgan fingerprint density at radius 1 is 1.28 bits per heavy atom. The molecule has 0 aromatic carbocycles. The van der Waals surface area contributed by atoms with E-state index in [0.29, 0.717) is 0 Å². The largest absolute Gasteiger partial charge is 0.503 e. The number of thiazole rings is 1. The minimum atomic E-state index is -1.81. The molecule has 2 atom stereocenters. The Bertz CT molecular complexity index is 1730. The number of aromatic nitrogens is 2. The molecule has 2 aromatic heterocycles. The van der Waals surface area contributed by atoms with Crippen molar-refractivity contribution in [2.24, 2.45) is 5.16 Å². The topological polar surface area (TPSA) is 244 Å². The van der Waals surface area contributed by atoms with Crippen molar-refractivity contribution >= 4 is 75.9 Å². The number of carboxylic acids is 2. The zero-order valence-corrected chi connectivity index (χ0v) is 23.8. The second kappa shape index (κ2) is 12.0. The van der Waals surface area contributed by atoms with E-state index < -0.39 is 57.7 Å². The molecule has 0 bridgehead atoms. The molecule has 6 N–H and O–H groups in total. The quantitative estimate of drug-likeness (QED) is 0.100. The average Bonchev–Trinajstić information content (AvgIpc) is 3.37. The van der Waals surface area contributed by atoms with Crippen LogP contribution >= 0.6 is 23.1 Å². The smallest absolute Gasteiger partial charge is 0.352 e. The number of nitrogens with zero attached hydrogens (tertiary/aromatic N) is 4. The summed E-state index contributed by atoms with van der Waals surface area (Å²) in [6.45, 7) is 2.42. The highest BCUT2D eigenvalue weighted by Crippen LogP contribution is 2.41. The van der Waals surface area contributed by atoms with Gasteiger partial charge in [-0.25, -0.2) is 19.4 Å². The zero-order chi connectivity index (χ0) is 31.6. The summed E-state index contributed by atoms with van der Waals surface area (Å²) in [5, 5.41) is 35.7. The maximum Gasteiger partial charge on any atom is 0.352 e. The molecule has 0 spiro atoms. The number of aliphatic carboxylic acids is 2. The number of β-lactam (4-membered cyclic amide) rings is 1. The molecule has 16 nitrogen and oxygen atoms in total. The monoisotopic (exact) mass is 630 g/mol. The molecule has 2 aliphatic rings. The fraction of sp³-hybridized carbons (Fsp3) is 0.240. The second-order valence-corrected chi connectivity index (χ2v) is 11.4. The van der Waals surface area contributed by atoms with Gasteiger partial charge in [0.05, 0.1) is 12.4 Å². The Morgan fingerprint density at radius 2 is 2.00 bits per heavy atom. The number of hydrogen-bond donors (Lipinski definition) is 5. The summed E-state index contributed by atoms with van der Waals surface area (Å²) in [4.78, 5) is 82.7. The van der Waals surface area contributed by atoms with Crippen molar-refractivity contribution < 1.29 is 44.1 Å². The van der Waals surface area contributed by atoms with Crippen LogP contribution in [0.2, 0.25) is 0 Å². The number of aromatic hydroxyl groups is 1. The van der Waals surface area contributed by atoms with Crippen LogP contribution in [0.25, 0.3) is 12.3 Å². The molecule has 43 heavy (non-hydrogen) atoms. The number of anilines is 1. The third kappa shape index (κ3) is 6.20. The van der Waals surface area contributed by atoms with Crippen LogP contribution in [0.3, 0.4) is 0 Å². The average molecular weight is 631 g/mol. The van der Waals surface area contributed by atoms with E-state index in [0.717, 1.165) is 51.0 Å². The highest BCUT2D eigenvalue weighted by molar-refractivity contribution is 8.00. The first-order valence-electron chi connectivity index (χ1n) is 12.0. The van der Waals surface area contributed by atoms with Crippen LogP contribution in [0.5, 0.6) is 5.75 Å². The summed E-state index contributed by atoms with van der Waals surface area (Å²) < 4.78 is 1.11. The van der Waals surface area contributed by atoms with Crippen molar-refractivity contribution in [2.75, 3.05) is 11.5 Å². The van der Waals surface area contributed by atoms with Gasteiger partial charge < -0.3 is 35.8 Å². The van der Waals surface area contributed by atoms with Crippen LogP contribution in [0.4, 0.5) is 5.13 Å². The number of oxime groups is 1. The number of carbonyl (C=O) groups is 4. The van der Waals surface area contributed by atoms with Crippen LogP contribution in [0.1, 0.15) is 25.2 Å². The van der Waals surface area contributed by atoms with Gasteiger partial charge in [-0.15, -0.1) is 23.1 Å². The van der Waals surface area contributed by atoms with E-state index >= 15 is 0 Å². The number of rotatable bonds is 10. The SMILES string of the molecule is CC(C)(O/N=C(\C(=O)N[C@@H]1C(=O)N2C(C(=O)O)=C(C=Cc3cc(=O)c(O)cn3C=C=O)CS[C@H]12)c1csc(N)n1)C(=O)O. The van der Waals surface area contributed by atoms with Crippen molar-refractivity contribution in [2.45, 2.75) is 30.9 Å². The highest BCUT2D eigenvalue weighted by Gasteiger charge is 2.54. The number of thioether (sulfide) groups is 1. The molecule has 1 fully saturated rings. The summed E-state index contributed by atoms with van der Waals surface area (Å²) in [5.41, 5.74) is 2.59. The number of nitrogen functional groups attached to an aromatic ring is 1. The number of carbonyl (C=O) groups excluding carboxylic acids is 3. The summed E-state index contributed by atoms with van der Waals surface area (Å²) in [5.74, 6) is -3.50. The predicted molar refractivity (Wildman–Crippen MR) is 153 cm³/mol. The molecule has 224 valence electrons. The van der Waals surface area contributed by atoms with E-state index in [1.807, 2.05) is 0 Å². The summed E-state index contributed by atoms with van der Waals surface area (Å²) in [6.07, 6.45) is 4.58. The Balaban J connectivity index is 1.59. The van der Waals surface area contributed by atoms with Crippen molar-refractivity contribution in [3.05, 3.63) is 56.6 Å². The van der Waals surface area contributed by atoms with Gasteiger partial charge >= 0.3 is 11.9 Å². The van der Waals surface area contributed by atoms with Gasteiger partial charge in [0.1, 0.15) is 28.7 Å². The van der Waals surface area contributed by atoms with E-state index in [9.17, 15) is 44.1 Å². The molecule has 0 aliphatic carbocycles. The van der Waals surface area contributed by atoms with Crippen LogP contribution < -0.4 is 16.5 Å².